The van der Waals surface area contributed by atoms with Gasteiger partial charge >= 0.3 is 10.5 Å². The Bertz CT molecular complexity index is 678. The lowest BCUT2D eigenvalue weighted by Crippen LogP contribution is -2.03. The Balaban J connectivity index is 2.22. The van der Waals surface area contributed by atoms with E-state index in [1.54, 1.807) is 30.3 Å². The predicted octanol–water partition coefficient (Wildman–Crippen LogP) is 2.51. The van der Waals surface area contributed by atoms with Crippen LogP contribution < -0.4 is 4.18 Å². The van der Waals surface area contributed by atoms with Crippen LogP contribution in [0.15, 0.2) is 54.6 Å². The standard InChI is InChI=1S/C13H9FO4S/c14-19(16,17)18-12-8-6-11(7-9-12)13(15)10-4-2-1-3-5-10/h1-9H. The normalized spacial score (nSPS) is 11.0. The highest BCUT2D eigenvalue weighted by atomic mass is 32.3. The summed E-state index contributed by atoms with van der Waals surface area (Å²) in [5.74, 6) is -0.401. The minimum Gasteiger partial charge on any atom is -0.358 e. The highest BCUT2D eigenvalue weighted by Gasteiger charge is 2.11. The van der Waals surface area contributed by atoms with Crippen LogP contribution in [0.25, 0.3) is 0 Å². The van der Waals surface area contributed by atoms with Crippen LogP contribution in [0.5, 0.6) is 5.75 Å². The van der Waals surface area contributed by atoms with Gasteiger partial charge in [0.15, 0.2) is 5.78 Å². The summed E-state index contributed by atoms with van der Waals surface area (Å²) < 4.78 is 36.9. The molecular weight excluding hydrogens is 271 g/mol. The number of halogens is 1. The SMILES string of the molecule is O=C(c1ccccc1)c1ccc(OS(=O)(=O)F)cc1. The van der Waals surface area contributed by atoms with Crippen molar-refractivity contribution in [1.29, 1.82) is 0 Å². The first kappa shape index (κ1) is 13.2. The minimum atomic E-state index is -5.05. The third-order valence-electron chi connectivity index (χ3n) is 2.35. The Morgan fingerprint density at radius 1 is 0.895 bits per heavy atom. The van der Waals surface area contributed by atoms with Crippen LogP contribution in [-0.2, 0) is 10.5 Å². The first-order valence-electron chi connectivity index (χ1n) is 5.29. The number of rotatable bonds is 4. The Morgan fingerprint density at radius 2 is 1.42 bits per heavy atom. The van der Waals surface area contributed by atoms with Crippen LogP contribution in [-0.4, -0.2) is 14.2 Å². The molecule has 2 rings (SSSR count). The van der Waals surface area contributed by atoms with Crippen LogP contribution in [0, 0.1) is 0 Å². The van der Waals surface area contributed by atoms with Crippen molar-refractivity contribution in [2.24, 2.45) is 0 Å². The molecule has 0 heterocycles. The van der Waals surface area contributed by atoms with E-state index in [4.69, 9.17) is 0 Å². The molecule has 0 saturated heterocycles. The van der Waals surface area contributed by atoms with Crippen molar-refractivity contribution in [2.45, 2.75) is 0 Å². The maximum atomic E-state index is 12.3. The fraction of sp³-hybridized carbons (Fsp3) is 0. The number of carbonyl (C=O) groups is 1. The van der Waals surface area contributed by atoms with E-state index in [2.05, 4.69) is 4.18 Å². The minimum absolute atomic E-state index is 0.188. The zero-order chi connectivity index (χ0) is 13.9. The van der Waals surface area contributed by atoms with Gasteiger partial charge in [0.05, 0.1) is 0 Å². The summed E-state index contributed by atoms with van der Waals surface area (Å²) in [6, 6.07) is 13.8. The molecule has 0 radical (unpaired) electrons. The van der Waals surface area contributed by atoms with Crippen molar-refractivity contribution >= 4 is 16.3 Å². The molecule has 0 aromatic heterocycles. The lowest BCUT2D eigenvalue weighted by Gasteiger charge is -2.03. The first-order valence-corrected chi connectivity index (χ1v) is 6.60. The van der Waals surface area contributed by atoms with Crippen LogP contribution >= 0.6 is 0 Å². The molecule has 0 N–H and O–H groups in total. The van der Waals surface area contributed by atoms with E-state index in [0.29, 0.717) is 11.1 Å². The second-order valence-electron chi connectivity index (χ2n) is 3.70. The average Bonchev–Trinajstić information content (AvgIpc) is 2.38. The highest BCUT2D eigenvalue weighted by Crippen LogP contribution is 2.17. The summed E-state index contributed by atoms with van der Waals surface area (Å²) in [6.45, 7) is 0. The number of ketones is 1. The van der Waals surface area contributed by atoms with E-state index in [9.17, 15) is 17.1 Å². The molecule has 19 heavy (non-hydrogen) atoms. The van der Waals surface area contributed by atoms with E-state index >= 15 is 0 Å². The van der Waals surface area contributed by atoms with Crippen molar-refractivity contribution in [1.82, 2.24) is 0 Å². The zero-order valence-electron chi connectivity index (χ0n) is 9.62. The van der Waals surface area contributed by atoms with Crippen LogP contribution in [0.3, 0.4) is 0 Å². The maximum Gasteiger partial charge on any atom is 0.488 e. The van der Waals surface area contributed by atoms with Crippen LogP contribution in [0.4, 0.5) is 3.89 Å². The second-order valence-corrected chi connectivity index (χ2v) is 4.65. The van der Waals surface area contributed by atoms with Crippen LogP contribution in [0.1, 0.15) is 15.9 Å². The zero-order valence-corrected chi connectivity index (χ0v) is 10.4. The highest BCUT2D eigenvalue weighted by molar-refractivity contribution is 7.81. The van der Waals surface area contributed by atoms with Gasteiger partial charge in [0, 0.05) is 11.1 Å². The van der Waals surface area contributed by atoms with Gasteiger partial charge in [0.1, 0.15) is 5.75 Å². The molecule has 0 aliphatic rings. The van der Waals surface area contributed by atoms with Gasteiger partial charge in [-0.05, 0) is 24.3 Å². The molecule has 0 fully saturated rings. The topological polar surface area (TPSA) is 60.4 Å². The summed E-state index contributed by atoms with van der Waals surface area (Å²) in [5, 5.41) is 0. The lowest BCUT2D eigenvalue weighted by atomic mass is 10.0. The summed E-state index contributed by atoms with van der Waals surface area (Å²) in [5.41, 5.74) is 0.865. The average molecular weight is 280 g/mol. The van der Waals surface area contributed by atoms with Crippen molar-refractivity contribution < 1.29 is 21.3 Å². The van der Waals surface area contributed by atoms with Crippen molar-refractivity contribution in [3.63, 3.8) is 0 Å². The molecule has 2 aromatic rings. The Kier molecular flexibility index (Phi) is 3.62. The van der Waals surface area contributed by atoms with Crippen molar-refractivity contribution in [3.8, 4) is 5.75 Å². The molecule has 0 amide bonds. The summed E-state index contributed by atoms with van der Waals surface area (Å²) >= 11 is 0. The molecule has 0 unspecified atom stereocenters. The van der Waals surface area contributed by atoms with Crippen molar-refractivity contribution in [2.75, 3.05) is 0 Å². The van der Waals surface area contributed by atoms with Crippen LogP contribution in [0.2, 0.25) is 0 Å². The van der Waals surface area contributed by atoms with Gasteiger partial charge in [0.25, 0.3) is 0 Å². The maximum absolute atomic E-state index is 12.3. The Labute approximate surface area is 109 Å². The predicted molar refractivity (Wildman–Crippen MR) is 67.0 cm³/mol. The first-order chi connectivity index (χ1) is 8.96. The van der Waals surface area contributed by atoms with Gasteiger partial charge in [-0.2, -0.15) is 8.42 Å². The van der Waals surface area contributed by atoms with Gasteiger partial charge < -0.3 is 4.18 Å². The third kappa shape index (κ3) is 3.62. The summed E-state index contributed by atoms with van der Waals surface area (Å²) in [4.78, 5) is 12.0. The van der Waals surface area contributed by atoms with Crippen molar-refractivity contribution in [3.05, 3.63) is 65.7 Å². The number of hydrogen-bond acceptors (Lipinski definition) is 4. The molecule has 0 spiro atoms. The molecule has 0 aliphatic carbocycles. The van der Waals surface area contributed by atoms with Gasteiger partial charge in [-0.1, -0.05) is 34.2 Å². The third-order valence-corrected chi connectivity index (χ3v) is 2.74. The molecule has 0 bridgehead atoms. The van der Waals surface area contributed by atoms with Gasteiger partial charge in [0.2, 0.25) is 0 Å². The van der Waals surface area contributed by atoms with Gasteiger partial charge in [-0.3, -0.25) is 4.79 Å². The molecule has 6 heteroatoms. The number of carbonyl (C=O) groups excluding carboxylic acids is 1. The molecular formula is C13H9FO4S. The Hall–Kier alpha value is -2.21. The fourth-order valence-corrected chi connectivity index (χ4v) is 1.87. The lowest BCUT2D eigenvalue weighted by molar-refractivity contribution is 0.103. The molecule has 0 atom stereocenters. The number of benzene rings is 2. The molecule has 4 nitrogen and oxygen atoms in total. The van der Waals surface area contributed by atoms with Gasteiger partial charge in [-0.15, -0.1) is 0 Å². The fourth-order valence-electron chi connectivity index (χ4n) is 1.53. The quantitative estimate of drug-likeness (QED) is 0.637. The second kappa shape index (κ2) is 5.19. The Morgan fingerprint density at radius 3 is 1.95 bits per heavy atom. The number of hydrogen-bond donors (Lipinski definition) is 0. The summed E-state index contributed by atoms with van der Waals surface area (Å²) in [7, 11) is -5.05. The van der Waals surface area contributed by atoms with E-state index < -0.39 is 10.5 Å². The van der Waals surface area contributed by atoms with E-state index in [1.807, 2.05) is 0 Å². The molecule has 0 aliphatic heterocycles. The summed E-state index contributed by atoms with van der Waals surface area (Å²) in [6.07, 6.45) is 0. The van der Waals surface area contributed by atoms with E-state index in [-0.39, 0.29) is 11.5 Å². The van der Waals surface area contributed by atoms with Gasteiger partial charge in [-0.25, -0.2) is 0 Å². The monoisotopic (exact) mass is 280 g/mol. The molecule has 0 saturated carbocycles. The molecule has 98 valence electrons. The van der Waals surface area contributed by atoms with E-state index in [1.165, 1.54) is 24.3 Å². The smallest absolute Gasteiger partial charge is 0.358 e. The largest absolute Gasteiger partial charge is 0.488 e. The molecule has 2 aromatic carbocycles. The van der Waals surface area contributed by atoms with E-state index in [0.717, 1.165) is 0 Å².